The lowest BCUT2D eigenvalue weighted by Crippen LogP contribution is -2.14. The summed E-state index contributed by atoms with van der Waals surface area (Å²) in [5.74, 6) is 7.79. The molecule has 2 nitrogen and oxygen atoms in total. The Morgan fingerprint density at radius 2 is 1.82 bits per heavy atom. The molecule has 1 saturated carbocycles. The highest BCUT2D eigenvalue weighted by atomic mass is 15.1. The topological polar surface area (TPSA) is 25.8 Å². The Labute approximate surface area is 136 Å². The van der Waals surface area contributed by atoms with Gasteiger partial charge in [-0.1, -0.05) is 45.5 Å². The summed E-state index contributed by atoms with van der Waals surface area (Å²) in [6.45, 7) is 4.42. The maximum atomic E-state index is 4.43. The maximum absolute atomic E-state index is 4.43. The molecular weight excluding hydrogens is 268 g/mol. The molecule has 1 aromatic heterocycles. The van der Waals surface area contributed by atoms with E-state index in [4.69, 9.17) is 0 Å². The Morgan fingerprint density at radius 3 is 2.45 bits per heavy atom. The van der Waals surface area contributed by atoms with Gasteiger partial charge in [0.05, 0.1) is 5.69 Å². The predicted octanol–water partition coefficient (Wildman–Crippen LogP) is 5.48. The van der Waals surface area contributed by atoms with E-state index in [0.29, 0.717) is 5.92 Å². The summed E-state index contributed by atoms with van der Waals surface area (Å²) in [5, 5.41) is 8.71. The molecule has 0 amide bonds. The van der Waals surface area contributed by atoms with Crippen LogP contribution in [-0.4, -0.2) is 10.2 Å². The first kappa shape index (κ1) is 17.0. The fourth-order valence-corrected chi connectivity index (χ4v) is 3.33. The predicted molar refractivity (Wildman–Crippen MR) is 92.7 cm³/mol. The standard InChI is InChI=1S/C20H30N2/c1-3-5-7-9-17-11-13-18(14-12-17)20-16-15-19(21-22-20)10-8-6-4-2/h15-18H,3-7,9,11-14H2,1-2H3. The highest BCUT2D eigenvalue weighted by Crippen LogP contribution is 2.36. The molecular formula is C20H30N2. The van der Waals surface area contributed by atoms with Crippen molar-refractivity contribution in [2.45, 2.75) is 84.0 Å². The van der Waals surface area contributed by atoms with Crippen molar-refractivity contribution >= 4 is 0 Å². The lowest BCUT2D eigenvalue weighted by atomic mass is 9.78. The molecule has 0 radical (unpaired) electrons. The first-order valence-corrected chi connectivity index (χ1v) is 9.16. The van der Waals surface area contributed by atoms with Crippen molar-refractivity contribution in [2.75, 3.05) is 0 Å². The van der Waals surface area contributed by atoms with Crippen molar-refractivity contribution in [2.24, 2.45) is 5.92 Å². The second kappa shape index (κ2) is 9.62. The second-order valence-electron chi connectivity index (χ2n) is 6.61. The van der Waals surface area contributed by atoms with Crippen molar-refractivity contribution in [3.05, 3.63) is 23.5 Å². The molecule has 1 aliphatic carbocycles. The van der Waals surface area contributed by atoms with Crippen LogP contribution < -0.4 is 0 Å². The van der Waals surface area contributed by atoms with Crippen molar-refractivity contribution < 1.29 is 0 Å². The van der Waals surface area contributed by atoms with E-state index in [0.717, 1.165) is 24.5 Å². The molecule has 1 aromatic rings. The van der Waals surface area contributed by atoms with Gasteiger partial charge in [-0.3, -0.25) is 0 Å². The van der Waals surface area contributed by atoms with Gasteiger partial charge in [-0.2, -0.15) is 5.10 Å². The third kappa shape index (κ3) is 5.44. The van der Waals surface area contributed by atoms with Gasteiger partial charge in [0.2, 0.25) is 0 Å². The summed E-state index contributed by atoms with van der Waals surface area (Å²) >= 11 is 0. The van der Waals surface area contributed by atoms with Crippen LogP contribution in [0.1, 0.15) is 95.4 Å². The molecule has 0 aliphatic heterocycles. The molecule has 0 N–H and O–H groups in total. The van der Waals surface area contributed by atoms with Crippen LogP contribution >= 0.6 is 0 Å². The first-order chi connectivity index (χ1) is 10.8. The molecule has 0 atom stereocenters. The van der Waals surface area contributed by atoms with Crippen molar-refractivity contribution in [3.63, 3.8) is 0 Å². The zero-order valence-electron chi connectivity index (χ0n) is 14.3. The van der Waals surface area contributed by atoms with Crippen molar-refractivity contribution in [3.8, 4) is 11.8 Å². The van der Waals surface area contributed by atoms with Gasteiger partial charge in [0, 0.05) is 12.3 Å². The molecule has 2 rings (SSSR count). The third-order valence-corrected chi connectivity index (χ3v) is 4.76. The zero-order chi connectivity index (χ0) is 15.6. The van der Waals surface area contributed by atoms with E-state index in [1.54, 1.807) is 0 Å². The van der Waals surface area contributed by atoms with Gasteiger partial charge in [-0.05, 0) is 56.1 Å². The normalized spacial score (nSPS) is 21.2. The van der Waals surface area contributed by atoms with E-state index in [2.05, 4.69) is 42.0 Å². The molecule has 1 fully saturated rings. The molecule has 22 heavy (non-hydrogen) atoms. The molecule has 0 aromatic carbocycles. The second-order valence-corrected chi connectivity index (χ2v) is 6.61. The van der Waals surface area contributed by atoms with Crippen LogP contribution in [0.5, 0.6) is 0 Å². The minimum absolute atomic E-state index is 0.618. The summed E-state index contributed by atoms with van der Waals surface area (Å²) < 4.78 is 0. The van der Waals surface area contributed by atoms with Crippen LogP contribution in [0.4, 0.5) is 0 Å². The zero-order valence-corrected chi connectivity index (χ0v) is 14.3. The van der Waals surface area contributed by atoms with Gasteiger partial charge < -0.3 is 0 Å². The van der Waals surface area contributed by atoms with Crippen molar-refractivity contribution in [1.82, 2.24) is 10.2 Å². The molecule has 0 saturated heterocycles. The lowest BCUT2D eigenvalue weighted by Gasteiger charge is -2.27. The Balaban J connectivity index is 1.80. The Kier molecular flexibility index (Phi) is 7.43. The van der Waals surface area contributed by atoms with E-state index >= 15 is 0 Å². The van der Waals surface area contributed by atoms with E-state index in [1.807, 2.05) is 6.07 Å². The largest absolute Gasteiger partial charge is 0.154 e. The van der Waals surface area contributed by atoms with Crippen LogP contribution in [0.15, 0.2) is 12.1 Å². The number of unbranched alkanes of at least 4 members (excludes halogenated alkanes) is 3. The van der Waals surface area contributed by atoms with Gasteiger partial charge in [0.15, 0.2) is 0 Å². The quantitative estimate of drug-likeness (QED) is 0.513. The fraction of sp³-hybridized carbons (Fsp3) is 0.700. The van der Waals surface area contributed by atoms with Gasteiger partial charge in [-0.25, -0.2) is 0 Å². The van der Waals surface area contributed by atoms with E-state index in [9.17, 15) is 0 Å². The highest BCUT2D eigenvalue weighted by molar-refractivity contribution is 5.27. The summed E-state index contributed by atoms with van der Waals surface area (Å²) in [5.41, 5.74) is 1.98. The minimum Gasteiger partial charge on any atom is -0.154 e. The summed E-state index contributed by atoms with van der Waals surface area (Å²) in [7, 11) is 0. The van der Waals surface area contributed by atoms with Gasteiger partial charge >= 0.3 is 0 Å². The molecule has 1 aliphatic rings. The first-order valence-electron chi connectivity index (χ1n) is 9.16. The molecule has 1 heterocycles. The average molecular weight is 298 g/mol. The third-order valence-electron chi connectivity index (χ3n) is 4.76. The van der Waals surface area contributed by atoms with E-state index in [1.165, 1.54) is 57.1 Å². The summed E-state index contributed by atoms with van der Waals surface area (Å²) in [6.07, 6.45) is 12.9. The monoisotopic (exact) mass is 298 g/mol. The maximum Gasteiger partial charge on any atom is 0.135 e. The summed E-state index contributed by atoms with van der Waals surface area (Å²) in [4.78, 5) is 0. The van der Waals surface area contributed by atoms with Crippen LogP contribution in [0.3, 0.4) is 0 Å². The molecule has 0 bridgehead atoms. The molecule has 0 unspecified atom stereocenters. The molecule has 0 spiro atoms. The SMILES string of the molecule is CCCC#Cc1ccc(C2CCC(CCCCC)CC2)nn1. The molecule has 2 heteroatoms. The fourth-order valence-electron chi connectivity index (χ4n) is 3.33. The molecule has 120 valence electrons. The van der Waals surface area contributed by atoms with Crippen LogP contribution in [0, 0.1) is 17.8 Å². The number of aromatic nitrogens is 2. The van der Waals surface area contributed by atoms with Crippen LogP contribution in [0.2, 0.25) is 0 Å². The van der Waals surface area contributed by atoms with E-state index in [-0.39, 0.29) is 0 Å². The van der Waals surface area contributed by atoms with Gasteiger partial charge in [0.25, 0.3) is 0 Å². The lowest BCUT2D eigenvalue weighted by molar-refractivity contribution is 0.299. The Hall–Kier alpha value is -1.36. The van der Waals surface area contributed by atoms with E-state index < -0.39 is 0 Å². The van der Waals surface area contributed by atoms with Gasteiger partial charge in [-0.15, -0.1) is 5.10 Å². The minimum atomic E-state index is 0.618. The summed E-state index contributed by atoms with van der Waals surface area (Å²) in [6, 6.07) is 4.18. The Morgan fingerprint density at radius 1 is 1.00 bits per heavy atom. The number of hydrogen-bond acceptors (Lipinski definition) is 2. The Bertz CT molecular complexity index is 473. The average Bonchev–Trinajstić information content (AvgIpc) is 2.57. The number of rotatable bonds is 6. The highest BCUT2D eigenvalue weighted by Gasteiger charge is 2.23. The number of nitrogens with zero attached hydrogens (tertiary/aromatic N) is 2. The number of hydrogen-bond donors (Lipinski definition) is 0. The smallest absolute Gasteiger partial charge is 0.135 e. The van der Waals surface area contributed by atoms with Crippen LogP contribution in [0.25, 0.3) is 0 Å². The van der Waals surface area contributed by atoms with Gasteiger partial charge in [0.1, 0.15) is 5.69 Å². The van der Waals surface area contributed by atoms with Crippen molar-refractivity contribution in [1.29, 1.82) is 0 Å². The van der Waals surface area contributed by atoms with Crippen LogP contribution in [-0.2, 0) is 0 Å².